The quantitative estimate of drug-likeness (QED) is 0.633. The monoisotopic (exact) mass is 351 g/mol. The van der Waals surface area contributed by atoms with Crippen molar-refractivity contribution in [3.63, 3.8) is 0 Å². The van der Waals surface area contributed by atoms with Crippen molar-refractivity contribution in [2.75, 3.05) is 0 Å². The van der Waals surface area contributed by atoms with Crippen LogP contribution >= 0.6 is 22.6 Å². The van der Waals surface area contributed by atoms with Crippen molar-refractivity contribution >= 4 is 34.5 Å². The minimum atomic E-state index is 0.362. The van der Waals surface area contributed by atoms with Crippen LogP contribution in [0.25, 0.3) is 0 Å². The van der Waals surface area contributed by atoms with E-state index >= 15 is 0 Å². The van der Waals surface area contributed by atoms with Crippen LogP contribution in [0.4, 0.5) is 5.69 Å². The molecule has 0 spiro atoms. The van der Waals surface area contributed by atoms with Crippen LogP contribution in [-0.2, 0) is 0 Å². The summed E-state index contributed by atoms with van der Waals surface area (Å²) in [5, 5.41) is 9.71. The molecule has 0 heterocycles. The molecule has 0 aromatic heterocycles. The van der Waals surface area contributed by atoms with Gasteiger partial charge in [-0.2, -0.15) is 0 Å². The summed E-state index contributed by atoms with van der Waals surface area (Å²) in [5.74, 6) is 0.362. The molecule has 0 aliphatic carbocycles. The zero-order valence-corrected chi connectivity index (χ0v) is 12.5. The lowest BCUT2D eigenvalue weighted by Gasteiger charge is -2.04. The van der Waals surface area contributed by atoms with Crippen LogP contribution in [0.2, 0.25) is 0 Å². The SMILES string of the molecule is Cc1cc(C=Nc2cccc(I)c2)cc(C)c1O. The van der Waals surface area contributed by atoms with Gasteiger partial charge in [-0.3, -0.25) is 4.99 Å². The van der Waals surface area contributed by atoms with Gasteiger partial charge in [0.2, 0.25) is 0 Å². The molecule has 3 heteroatoms. The minimum absolute atomic E-state index is 0.362. The summed E-state index contributed by atoms with van der Waals surface area (Å²) in [6.45, 7) is 3.79. The number of hydrogen-bond acceptors (Lipinski definition) is 2. The van der Waals surface area contributed by atoms with Gasteiger partial charge in [0.15, 0.2) is 0 Å². The molecule has 1 N–H and O–H groups in total. The first kappa shape index (κ1) is 13.1. The molecule has 2 nitrogen and oxygen atoms in total. The normalized spacial score (nSPS) is 11.1. The maximum absolute atomic E-state index is 9.71. The lowest BCUT2D eigenvalue weighted by Crippen LogP contribution is -1.87. The smallest absolute Gasteiger partial charge is 0.121 e. The van der Waals surface area contributed by atoms with Crippen molar-refractivity contribution in [1.29, 1.82) is 0 Å². The topological polar surface area (TPSA) is 32.6 Å². The second kappa shape index (κ2) is 5.52. The number of rotatable bonds is 2. The summed E-state index contributed by atoms with van der Waals surface area (Å²) in [6, 6.07) is 11.9. The highest BCUT2D eigenvalue weighted by Gasteiger charge is 2.01. The molecule has 2 aromatic carbocycles. The Morgan fingerprint density at radius 3 is 2.39 bits per heavy atom. The fourth-order valence-electron chi connectivity index (χ4n) is 1.77. The molecule has 0 fully saturated rings. The average molecular weight is 351 g/mol. The van der Waals surface area contributed by atoms with Crippen LogP contribution in [0, 0.1) is 17.4 Å². The number of aliphatic imine (C=N–C) groups is 1. The van der Waals surface area contributed by atoms with Crippen molar-refractivity contribution in [2.24, 2.45) is 4.99 Å². The van der Waals surface area contributed by atoms with Gasteiger partial charge in [-0.05, 0) is 83.5 Å². The van der Waals surface area contributed by atoms with E-state index in [2.05, 4.69) is 27.6 Å². The standard InChI is InChI=1S/C15H14INO/c1-10-6-12(7-11(2)15(10)18)9-17-14-5-3-4-13(16)8-14/h3-9,18H,1-2H3. The maximum atomic E-state index is 9.71. The lowest BCUT2D eigenvalue weighted by atomic mass is 10.1. The van der Waals surface area contributed by atoms with E-state index < -0.39 is 0 Å². The number of aromatic hydroxyl groups is 1. The summed E-state index contributed by atoms with van der Waals surface area (Å²) < 4.78 is 1.17. The van der Waals surface area contributed by atoms with Crippen LogP contribution in [0.1, 0.15) is 16.7 Å². The number of aryl methyl sites for hydroxylation is 2. The van der Waals surface area contributed by atoms with Crippen molar-refractivity contribution in [3.05, 3.63) is 56.7 Å². The van der Waals surface area contributed by atoms with E-state index in [1.165, 1.54) is 3.57 Å². The largest absolute Gasteiger partial charge is 0.507 e. The molecule has 0 radical (unpaired) electrons. The molecule has 0 saturated carbocycles. The number of phenols is 1. The van der Waals surface area contributed by atoms with Crippen molar-refractivity contribution in [1.82, 2.24) is 0 Å². The Hall–Kier alpha value is -1.36. The van der Waals surface area contributed by atoms with Crippen LogP contribution in [-0.4, -0.2) is 11.3 Å². The summed E-state index contributed by atoms with van der Waals surface area (Å²) >= 11 is 2.27. The second-order valence-electron chi connectivity index (χ2n) is 4.24. The van der Waals surface area contributed by atoms with Gasteiger partial charge in [0, 0.05) is 9.78 Å². The van der Waals surface area contributed by atoms with Gasteiger partial charge >= 0.3 is 0 Å². The molecule has 0 aliphatic heterocycles. The second-order valence-corrected chi connectivity index (χ2v) is 5.49. The van der Waals surface area contributed by atoms with E-state index in [0.717, 1.165) is 22.4 Å². The van der Waals surface area contributed by atoms with Crippen molar-refractivity contribution in [3.8, 4) is 5.75 Å². The number of benzene rings is 2. The third-order valence-electron chi connectivity index (χ3n) is 2.68. The Labute approximate surface area is 121 Å². The molecule has 92 valence electrons. The average Bonchev–Trinajstić information content (AvgIpc) is 2.33. The van der Waals surface area contributed by atoms with Gasteiger partial charge in [-0.15, -0.1) is 0 Å². The Morgan fingerprint density at radius 1 is 1.11 bits per heavy atom. The Kier molecular flexibility index (Phi) is 4.01. The molecule has 2 aromatic rings. The first-order chi connectivity index (χ1) is 8.56. The van der Waals surface area contributed by atoms with E-state index in [0.29, 0.717) is 5.75 Å². The maximum Gasteiger partial charge on any atom is 0.121 e. The van der Waals surface area contributed by atoms with Crippen LogP contribution in [0.5, 0.6) is 5.75 Å². The van der Waals surface area contributed by atoms with Gasteiger partial charge in [0.1, 0.15) is 5.75 Å². The fraction of sp³-hybridized carbons (Fsp3) is 0.133. The molecule has 0 aliphatic rings. The number of hydrogen-bond donors (Lipinski definition) is 1. The predicted octanol–water partition coefficient (Wildman–Crippen LogP) is 4.36. The molecular formula is C15H14INO. The first-order valence-corrected chi connectivity index (χ1v) is 6.74. The highest BCUT2D eigenvalue weighted by Crippen LogP contribution is 2.22. The summed E-state index contributed by atoms with van der Waals surface area (Å²) in [5.41, 5.74) is 3.69. The number of phenolic OH excluding ortho intramolecular Hbond substituents is 1. The zero-order chi connectivity index (χ0) is 13.1. The number of nitrogens with zero attached hydrogens (tertiary/aromatic N) is 1. The highest BCUT2D eigenvalue weighted by atomic mass is 127. The van der Waals surface area contributed by atoms with E-state index in [4.69, 9.17) is 0 Å². The predicted molar refractivity (Wildman–Crippen MR) is 84.0 cm³/mol. The third kappa shape index (κ3) is 3.10. The zero-order valence-electron chi connectivity index (χ0n) is 10.3. The molecule has 18 heavy (non-hydrogen) atoms. The molecule has 0 amide bonds. The van der Waals surface area contributed by atoms with Crippen LogP contribution < -0.4 is 0 Å². The van der Waals surface area contributed by atoms with E-state index in [9.17, 15) is 5.11 Å². The summed E-state index contributed by atoms with van der Waals surface area (Å²) in [4.78, 5) is 4.44. The van der Waals surface area contributed by atoms with Crippen molar-refractivity contribution in [2.45, 2.75) is 13.8 Å². The highest BCUT2D eigenvalue weighted by molar-refractivity contribution is 14.1. The molecular weight excluding hydrogens is 337 g/mol. The molecule has 0 atom stereocenters. The molecule has 0 bridgehead atoms. The third-order valence-corrected chi connectivity index (χ3v) is 3.36. The van der Waals surface area contributed by atoms with Gasteiger partial charge < -0.3 is 5.11 Å². The Balaban J connectivity index is 2.29. The summed E-state index contributed by atoms with van der Waals surface area (Å²) in [6.07, 6.45) is 1.82. The first-order valence-electron chi connectivity index (χ1n) is 5.66. The van der Waals surface area contributed by atoms with Gasteiger partial charge in [0.25, 0.3) is 0 Å². The molecule has 0 unspecified atom stereocenters. The number of halogens is 1. The van der Waals surface area contributed by atoms with E-state index in [1.807, 2.05) is 56.5 Å². The van der Waals surface area contributed by atoms with Crippen molar-refractivity contribution < 1.29 is 5.11 Å². The van der Waals surface area contributed by atoms with Gasteiger partial charge in [-0.25, -0.2) is 0 Å². The van der Waals surface area contributed by atoms with E-state index in [1.54, 1.807) is 0 Å². The summed E-state index contributed by atoms with van der Waals surface area (Å²) in [7, 11) is 0. The van der Waals surface area contributed by atoms with E-state index in [-0.39, 0.29) is 0 Å². The lowest BCUT2D eigenvalue weighted by molar-refractivity contribution is 0.467. The van der Waals surface area contributed by atoms with Gasteiger partial charge in [0.05, 0.1) is 5.69 Å². The molecule has 2 rings (SSSR count). The van der Waals surface area contributed by atoms with Gasteiger partial charge in [-0.1, -0.05) is 6.07 Å². The fourth-order valence-corrected chi connectivity index (χ4v) is 2.30. The van der Waals surface area contributed by atoms with Crippen LogP contribution in [0.3, 0.4) is 0 Å². The molecule has 0 saturated heterocycles. The van der Waals surface area contributed by atoms with Crippen LogP contribution in [0.15, 0.2) is 41.4 Å². The minimum Gasteiger partial charge on any atom is -0.507 e. The Bertz CT molecular complexity index is 582. The Morgan fingerprint density at radius 2 is 1.78 bits per heavy atom.